The predicted molar refractivity (Wildman–Crippen MR) is 272 cm³/mol. The average Bonchev–Trinajstić information content (AvgIpc) is 3.90. The Bertz CT molecular complexity index is 3530. The molecular weight excluding hydrogens is 887 g/mol. The minimum atomic E-state index is -5.01. The van der Waals surface area contributed by atoms with Crippen LogP contribution in [0.1, 0.15) is 11.1 Å². The molecular formula is C62H38F6N2. The van der Waals surface area contributed by atoms with Crippen molar-refractivity contribution in [3.8, 4) is 67.0 Å². The molecule has 10 aromatic carbocycles. The molecule has 2 aromatic heterocycles. The minimum Gasteiger partial charge on any atom is -0.308 e. The molecule has 0 atom stereocenters. The molecule has 8 heteroatoms. The number of fused-ring (bicyclic) bond motifs is 6. The monoisotopic (exact) mass is 924 g/mol. The van der Waals surface area contributed by atoms with Gasteiger partial charge in [0.2, 0.25) is 0 Å². The number of alkyl halides is 6. The Balaban J connectivity index is 1.27. The van der Waals surface area contributed by atoms with Crippen LogP contribution in [0.25, 0.3) is 111 Å². The fraction of sp³-hybridized carbons (Fsp3) is 0.0323. The lowest BCUT2D eigenvalue weighted by molar-refractivity contribution is -0.138. The first-order chi connectivity index (χ1) is 34.0. The van der Waals surface area contributed by atoms with Crippen molar-refractivity contribution in [2.24, 2.45) is 0 Å². The number of aromatic nitrogens is 2. The van der Waals surface area contributed by atoms with Gasteiger partial charge in [0.25, 0.3) is 0 Å². The first-order valence-corrected chi connectivity index (χ1v) is 22.8. The summed E-state index contributed by atoms with van der Waals surface area (Å²) in [5, 5.41) is 2.85. The number of hydrogen-bond donors (Lipinski definition) is 0. The molecule has 2 heterocycles. The standard InChI is InChI=1S/C62H38F6N2/c63-61(64,65)49-23-13-22-43(32-49)48-37-58(69-54-33-44(39-14-5-1-6-15-39)24-28-50(54)51-29-25-45(34-55(51)69)40-16-7-2-8-17-40)60(62(66,67)68)59(38-48)70-56-35-46(41-18-9-3-10-19-41)26-30-52(56)53-31-27-47(36-57(53)70)42-20-11-4-12-21-42/h1-38H. The van der Waals surface area contributed by atoms with Crippen molar-refractivity contribution in [2.45, 2.75) is 12.4 Å². The number of nitrogens with zero attached hydrogens (tertiary/aromatic N) is 2. The van der Waals surface area contributed by atoms with Gasteiger partial charge in [-0.15, -0.1) is 0 Å². The van der Waals surface area contributed by atoms with Crippen LogP contribution in [-0.4, -0.2) is 9.13 Å². The highest BCUT2D eigenvalue weighted by atomic mass is 19.4. The van der Waals surface area contributed by atoms with Gasteiger partial charge in [-0.25, -0.2) is 0 Å². The van der Waals surface area contributed by atoms with Crippen molar-refractivity contribution in [3.63, 3.8) is 0 Å². The van der Waals surface area contributed by atoms with Gasteiger partial charge in [-0.1, -0.05) is 182 Å². The highest BCUT2D eigenvalue weighted by Crippen LogP contribution is 2.48. The Hall–Kier alpha value is -8.62. The van der Waals surface area contributed by atoms with Gasteiger partial charge in [0, 0.05) is 21.5 Å². The lowest BCUT2D eigenvalue weighted by Gasteiger charge is -2.23. The summed E-state index contributed by atoms with van der Waals surface area (Å²) in [6.45, 7) is 0. The van der Waals surface area contributed by atoms with E-state index in [0.29, 0.717) is 43.6 Å². The lowest BCUT2D eigenvalue weighted by atomic mass is 9.97. The zero-order valence-electron chi connectivity index (χ0n) is 37.1. The molecule has 12 aromatic rings. The first-order valence-electron chi connectivity index (χ1n) is 22.8. The van der Waals surface area contributed by atoms with Gasteiger partial charge in [0.15, 0.2) is 0 Å². The van der Waals surface area contributed by atoms with Gasteiger partial charge in [0.1, 0.15) is 5.56 Å². The van der Waals surface area contributed by atoms with Gasteiger partial charge in [-0.05, 0) is 104 Å². The molecule has 0 unspecified atom stereocenters. The van der Waals surface area contributed by atoms with E-state index >= 15 is 13.2 Å². The second kappa shape index (κ2) is 16.6. The van der Waals surface area contributed by atoms with Crippen molar-refractivity contribution in [3.05, 3.63) is 242 Å². The van der Waals surface area contributed by atoms with E-state index in [0.717, 1.165) is 56.6 Å². The lowest BCUT2D eigenvalue weighted by Crippen LogP contribution is -2.16. The molecule has 12 rings (SSSR count). The number of halogens is 6. The van der Waals surface area contributed by atoms with Gasteiger partial charge in [-0.3, -0.25) is 0 Å². The third-order valence-electron chi connectivity index (χ3n) is 13.3. The summed E-state index contributed by atoms with van der Waals surface area (Å²) < 4.78 is 98.1. The zero-order valence-corrected chi connectivity index (χ0v) is 37.1. The molecule has 0 fully saturated rings. The van der Waals surface area contributed by atoms with E-state index in [-0.39, 0.29) is 22.5 Å². The third-order valence-corrected chi connectivity index (χ3v) is 13.3. The summed E-state index contributed by atoms with van der Waals surface area (Å²) in [6.07, 6.45) is -9.72. The van der Waals surface area contributed by atoms with Crippen molar-refractivity contribution >= 4 is 43.6 Å². The molecule has 0 saturated carbocycles. The highest BCUT2D eigenvalue weighted by Gasteiger charge is 2.40. The minimum absolute atomic E-state index is 0.109. The van der Waals surface area contributed by atoms with Gasteiger partial charge >= 0.3 is 12.4 Å². The van der Waals surface area contributed by atoms with Crippen LogP contribution in [0.5, 0.6) is 0 Å². The summed E-state index contributed by atoms with van der Waals surface area (Å²) in [5.74, 6) is 0. The Morgan fingerprint density at radius 1 is 0.243 bits per heavy atom. The Morgan fingerprint density at radius 3 is 0.843 bits per heavy atom. The van der Waals surface area contributed by atoms with E-state index in [1.165, 1.54) is 24.3 Å². The van der Waals surface area contributed by atoms with Gasteiger partial charge in [0.05, 0.1) is 39.0 Å². The molecule has 0 aliphatic heterocycles. The normalized spacial score (nSPS) is 12.1. The van der Waals surface area contributed by atoms with Crippen molar-refractivity contribution < 1.29 is 26.3 Å². The number of hydrogen-bond acceptors (Lipinski definition) is 0. The van der Waals surface area contributed by atoms with Crippen LogP contribution in [0.15, 0.2) is 231 Å². The molecule has 0 saturated heterocycles. The van der Waals surface area contributed by atoms with Crippen LogP contribution in [0.2, 0.25) is 0 Å². The average molecular weight is 925 g/mol. The fourth-order valence-electron chi connectivity index (χ4n) is 10.1. The summed E-state index contributed by atoms with van der Waals surface area (Å²) in [5.41, 5.74) is 6.56. The van der Waals surface area contributed by atoms with E-state index < -0.39 is 23.5 Å². The first kappa shape index (κ1) is 42.7. The van der Waals surface area contributed by atoms with Crippen LogP contribution in [-0.2, 0) is 12.4 Å². The summed E-state index contributed by atoms with van der Waals surface area (Å²) in [4.78, 5) is 0. The van der Waals surface area contributed by atoms with Crippen LogP contribution in [0.3, 0.4) is 0 Å². The smallest absolute Gasteiger partial charge is 0.308 e. The predicted octanol–water partition coefficient (Wildman–Crippen LogP) is 18.3. The van der Waals surface area contributed by atoms with E-state index in [2.05, 4.69) is 0 Å². The second-order valence-electron chi connectivity index (χ2n) is 17.5. The molecule has 70 heavy (non-hydrogen) atoms. The second-order valence-corrected chi connectivity index (χ2v) is 17.5. The maximum absolute atomic E-state index is 17.0. The Labute approximate surface area is 398 Å². The Kier molecular flexibility index (Phi) is 10.1. The maximum atomic E-state index is 17.0. The fourth-order valence-corrected chi connectivity index (χ4v) is 10.1. The van der Waals surface area contributed by atoms with E-state index in [4.69, 9.17) is 0 Å². The Morgan fingerprint density at radius 2 is 0.543 bits per heavy atom. The van der Waals surface area contributed by atoms with Gasteiger partial charge < -0.3 is 9.13 Å². The SMILES string of the molecule is FC(F)(F)c1cccc(-c2cc(-n3c4cc(-c5ccccc5)ccc4c4ccc(-c5ccccc5)cc43)c(C(F)(F)F)c(-n3c4cc(-c5ccccc5)ccc4c4ccc(-c5ccccc5)cc43)c2)c1. The summed E-state index contributed by atoms with van der Waals surface area (Å²) in [6, 6.07) is 69.3. The topological polar surface area (TPSA) is 9.86 Å². The van der Waals surface area contributed by atoms with E-state index in [9.17, 15) is 13.2 Å². The highest BCUT2D eigenvalue weighted by molar-refractivity contribution is 6.13. The molecule has 338 valence electrons. The molecule has 0 N–H and O–H groups in total. The maximum Gasteiger partial charge on any atom is 0.420 e. The van der Waals surface area contributed by atoms with Crippen LogP contribution >= 0.6 is 0 Å². The largest absolute Gasteiger partial charge is 0.420 e. The third kappa shape index (κ3) is 7.40. The van der Waals surface area contributed by atoms with Crippen molar-refractivity contribution in [2.75, 3.05) is 0 Å². The molecule has 0 spiro atoms. The van der Waals surface area contributed by atoms with Crippen LogP contribution in [0, 0.1) is 0 Å². The quantitative estimate of drug-likeness (QED) is 0.141. The van der Waals surface area contributed by atoms with Gasteiger partial charge in [-0.2, -0.15) is 26.3 Å². The number of benzene rings is 10. The molecule has 0 aliphatic carbocycles. The molecule has 0 aliphatic rings. The van der Waals surface area contributed by atoms with Crippen molar-refractivity contribution in [1.82, 2.24) is 9.13 Å². The molecule has 0 amide bonds. The number of rotatable bonds is 7. The summed E-state index contributed by atoms with van der Waals surface area (Å²) in [7, 11) is 0. The summed E-state index contributed by atoms with van der Waals surface area (Å²) >= 11 is 0. The zero-order chi connectivity index (χ0) is 47.7. The van der Waals surface area contributed by atoms with Crippen molar-refractivity contribution in [1.29, 1.82) is 0 Å². The van der Waals surface area contributed by atoms with Crippen LogP contribution < -0.4 is 0 Å². The molecule has 0 radical (unpaired) electrons. The molecule has 0 bridgehead atoms. The van der Waals surface area contributed by atoms with E-state index in [1.54, 1.807) is 9.13 Å². The molecule has 2 nitrogen and oxygen atoms in total. The van der Waals surface area contributed by atoms with E-state index in [1.807, 2.05) is 194 Å². The van der Waals surface area contributed by atoms with Crippen LogP contribution in [0.4, 0.5) is 26.3 Å².